The highest BCUT2D eigenvalue weighted by Crippen LogP contribution is 2.38. The molecule has 40 heavy (non-hydrogen) atoms. The molecule has 0 aliphatic carbocycles. The molecule has 198 valence electrons. The molecular formula is C32H22Cl2N2O2S2. The minimum atomic E-state index is -0.166. The maximum Gasteiger partial charge on any atom is 0.269 e. The Labute approximate surface area is 249 Å². The van der Waals surface area contributed by atoms with E-state index < -0.39 is 0 Å². The van der Waals surface area contributed by atoms with E-state index in [1.165, 1.54) is 22.7 Å². The minimum Gasteiger partial charge on any atom is -0.383 e. The molecule has 0 bridgehead atoms. The molecule has 0 unspecified atom stereocenters. The Morgan fingerprint density at radius 3 is 1.90 bits per heavy atom. The van der Waals surface area contributed by atoms with Crippen LogP contribution in [0.5, 0.6) is 0 Å². The molecule has 0 radical (unpaired) electrons. The summed E-state index contributed by atoms with van der Waals surface area (Å²) >= 11 is 16.1. The lowest BCUT2D eigenvalue weighted by atomic mass is 10.1. The third-order valence-electron chi connectivity index (χ3n) is 6.61. The van der Waals surface area contributed by atoms with E-state index in [-0.39, 0.29) is 11.7 Å². The van der Waals surface area contributed by atoms with Crippen molar-refractivity contribution in [1.82, 2.24) is 0 Å². The largest absolute Gasteiger partial charge is 0.383 e. The Balaban J connectivity index is 1.26. The number of thiophene rings is 2. The van der Waals surface area contributed by atoms with Gasteiger partial charge in [0.25, 0.3) is 5.91 Å². The SMILES string of the molecule is O=C(c1ccccc1NCCN(C(=O)c1sc2ccccc2c1Cl)c1ccccc1)c1sc2ccccc2c1Cl. The van der Waals surface area contributed by atoms with Gasteiger partial charge < -0.3 is 10.2 Å². The van der Waals surface area contributed by atoms with E-state index in [1.807, 2.05) is 97.1 Å². The van der Waals surface area contributed by atoms with E-state index in [0.717, 1.165) is 25.9 Å². The highest BCUT2D eigenvalue weighted by molar-refractivity contribution is 7.22. The summed E-state index contributed by atoms with van der Waals surface area (Å²) in [5, 5.41) is 6.07. The molecule has 4 aromatic carbocycles. The zero-order chi connectivity index (χ0) is 27.6. The van der Waals surface area contributed by atoms with Crippen molar-refractivity contribution in [3.63, 3.8) is 0 Å². The smallest absolute Gasteiger partial charge is 0.269 e. The Hall–Kier alpha value is -3.68. The van der Waals surface area contributed by atoms with E-state index in [4.69, 9.17) is 23.2 Å². The normalized spacial score (nSPS) is 11.2. The van der Waals surface area contributed by atoms with Crippen molar-refractivity contribution >= 4 is 89.1 Å². The number of para-hydroxylation sites is 2. The lowest BCUT2D eigenvalue weighted by Crippen LogP contribution is -2.35. The maximum absolute atomic E-state index is 13.8. The molecule has 8 heteroatoms. The van der Waals surface area contributed by atoms with Gasteiger partial charge in [-0.05, 0) is 36.4 Å². The summed E-state index contributed by atoms with van der Waals surface area (Å²) in [5.41, 5.74) is 1.98. The first-order chi connectivity index (χ1) is 19.5. The van der Waals surface area contributed by atoms with Crippen LogP contribution in [0.2, 0.25) is 10.0 Å². The molecule has 1 N–H and O–H groups in total. The van der Waals surface area contributed by atoms with Gasteiger partial charge in [-0.2, -0.15) is 0 Å². The van der Waals surface area contributed by atoms with Gasteiger partial charge in [-0.25, -0.2) is 0 Å². The number of amides is 1. The molecule has 0 aliphatic rings. The summed E-state index contributed by atoms with van der Waals surface area (Å²) in [4.78, 5) is 30.2. The van der Waals surface area contributed by atoms with Crippen LogP contribution >= 0.6 is 45.9 Å². The fraction of sp³-hybridized carbons (Fsp3) is 0.0625. The summed E-state index contributed by atoms with van der Waals surface area (Å²) in [5.74, 6) is -0.303. The second kappa shape index (κ2) is 11.4. The van der Waals surface area contributed by atoms with Gasteiger partial charge in [0.2, 0.25) is 5.78 Å². The van der Waals surface area contributed by atoms with E-state index in [0.29, 0.717) is 44.1 Å². The first kappa shape index (κ1) is 26.5. The summed E-state index contributed by atoms with van der Waals surface area (Å²) in [7, 11) is 0. The van der Waals surface area contributed by atoms with Gasteiger partial charge in [0.05, 0.1) is 14.9 Å². The zero-order valence-electron chi connectivity index (χ0n) is 21.1. The second-order valence-corrected chi connectivity index (χ2v) is 11.9. The van der Waals surface area contributed by atoms with Gasteiger partial charge in [0.15, 0.2) is 0 Å². The molecule has 6 rings (SSSR count). The molecule has 6 aromatic rings. The molecule has 0 fully saturated rings. The first-order valence-corrected chi connectivity index (χ1v) is 15.0. The van der Waals surface area contributed by atoms with Crippen LogP contribution in [0.4, 0.5) is 11.4 Å². The number of ketones is 1. The third-order valence-corrected chi connectivity index (χ3v) is 9.94. The quantitative estimate of drug-likeness (QED) is 0.177. The molecule has 0 spiro atoms. The monoisotopic (exact) mass is 600 g/mol. The Morgan fingerprint density at radius 2 is 1.23 bits per heavy atom. The van der Waals surface area contributed by atoms with Crippen LogP contribution < -0.4 is 10.2 Å². The first-order valence-electron chi connectivity index (χ1n) is 12.6. The van der Waals surface area contributed by atoms with Crippen LogP contribution in [-0.2, 0) is 0 Å². The number of rotatable bonds is 8. The Kier molecular flexibility index (Phi) is 7.59. The molecule has 0 atom stereocenters. The number of nitrogens with one attached hydrogen (secondary N) is 1. The number of halogens is 2. The highest BCUT2D eigenvalue weighted by atomic mass is 35.5. The van der Waals surface area contributed by atoms with Crippen LogP contribution in [0.3, 0.4) is 0 Å². The highest BCUT2D eigenvalue weighted by Gasteiger charge is 2.24. The van der Waals surface area contributed by atoms with E-state index in [1.54, 1.807) is 11.0 Å². The van der Waals surface area contributed by atoms with Crippen molar-refractivity contribution < 1.29 is 9.59 Å². The van der Waals surface area contributed by atoms with Crippen molar-refractivity contribution in [3.8, 4) is 0 Å². The van der Waals surface area contributed by atoms with E-state index in [2.05, 4.69) is 5.32 Å². The van der Waals surface area contributed by atoms with Crippen LogP contribution in [0.15, 0.2) is 103 Å². The molecule has 0 saturated carbocycles. The number of fused-ring (bicyclic) bond motifs is 2. The zero-order valence-corrected chi connectivity index (χ0v) is 24.2. The third kappa shape index (κ3) is 5.00. The average Bonchev–Trinajstić information content (AvgIpc) is 3.52. The van der Waals surface area contributed by atoms with Crippen molar-refractivity contribution in [2.75, 3.05) is 23.3 Å². The molecule has 1 amide bonds. The van der Waals surface area contributed by atoms with Crippen LogP contribution in [0.25, 0.3) is 20.2 Å². The van der Waals surface area contributed by atoms with Gasteiger partial charge in [-0.1, -0.05) is 89.9 Å². The fourth-order valence-corrected chi connectivity index (χ4v) is 7.58. The lowest BCUT2D eigenvalue weighted by molar-refractivity contribution is 0.0990. The summed E-state index contributed by atoms with van der Waals surface area (Å²) in [6, 6.07) is 32.4. The van der Waals surface area contributed by atoms with Gasteiger partial charge in [-0.3, -0.25) is 9.59 Å². The number of hydrogen-bond donors (Lipinski definition) is 1. The summed E-state index contributed by atoms with van der Waals surface area (Å²) in [6.07, 6.45) is 0. The number of anilines is 2. The predicted molar refractivity (Wildman–Crippen MR) is 170 cm³/mol. The number of carbonyl (C=O) groups is 2. The predicted octanol–water partition coefficient (Wildman–Crippen LogP) is 9.41. The maximum atomic E-state index is 13.8. The number of benzene rings is 4. The molecule has 0 aliphatic heterocycles. The lowest BCUT2D eigenvalue weighted by Gasteiger charge is -2.23. The van der Waals surface area contributed by atoms with Crippen LogP contribution in [0, 0.1) is 0 Å². The average molecular weight is 602 g/mol. The summed E-state index contributed by atoms with van der Waals surface area (Å²) in [6.45, 7) is 0.771. The molecule has 2 heterocycles. The van der Waals surface area contributed by atoms with Gasteiger partial charge in [0, 0.05) is 50.2 Å². The molecular weight excluding hydrogens is 579 g/mol. The van der Waals surface area contributed by atoms with Gasteiger partial charge >= 0.3 is 0 Å². The van der Waals surface area contributed by atoms with E-state index >= 15 is 0 Å². The van der Waals surface area contributed by atoms with Gasteiger partial charge in [-0.15, -0.1) is 22.7 Å². The van der Waals surface area contributed by atoms with Crippen molar-refractivity contribution in [3.05, 3.63) is 128 Å². The number of hydrogen-bond acceptors (Lipinski definition) is 5. The molecule has 0 saturated heterocycles. The van der Waals surface area contributed by atoms with Crippen molar-refractivity contribution in [2.45, 2.75) is 0 Å². The Bertz CT molecular complexity index is 1860. The minimum absolute atomic E-state index is 0.137. The van der Waals surface area contributed by atoms with Crippen molar-refractivity contribution in [1.29, 1.82) is 0 Å². The van der Waals surface area contributed by atoms with Crippen LogP contribution in [-0.4, -0.2) is 24.8 Å². The standard InChI is InChI=1S/C32H22Cl2N2O2S2/c33-27-22-13-5-8-16-25(22)39-30(27)29(37)21-12-4-7-15-24(21)35-18-19-36(20-10-2-1-3-11-20)32(38)31-28(34)23-14-6-9-17-26(23)40-31/h1-17,35H,18-19H2. The Morgan fingerprint density at radius 1 is 0.675 bits per heavy atom. The van der Waals surface area contributed by atoms with Crippen LogP contribution in [0.1, 0.15) is 24.9 Å². The molecule has 2 aromatic heterocycles. The topological polar surface area (TPSA) is 49.4 Å². The number of carbonyl (C=O) groups excluding carboxylic acids is 2. The second-order valence-electron chi connectivity index (χ2n) is 9.08. The van der Waals surface area contributed by atoms with Gasteiger partial charge in [0.1, 0.15) is 4.88 Å². The van der Waals surface area contributed by atoms with E-state index in [9.17, 15) is 9.59 Å². The van der Waals surface area contributed by atoms with Crippen molar-refractivity contribution in [2.24, 2.45) is 0 Å². The molecule has 4 nitrogen and oxygen atoms in total. The number of nitrogens with zero attached hydrogens (tertiary/aromatic N) is 1. The fourth-order valence-electron chi connectivity index (χ4n) is 4.65. The summed E-state index contributed by atoms with van der Waals surface area (Å²) < 4.78 is 1.94.